The molecule has 2 aromatic carbocycles. The van der Waals surface area contributed by atoms with Gasteiger partial charge in [-0.1, -0.05) is 64.5 Å². The first-order valence-electron chi connectivity index (χ1n) is 5.86. The van der Waals surface area contributed by atoms with Crippen molar-refractivity contribution in [3.8, 4) is 0 Å². The Kier molecular flexibility index (Phi) is 5.07. The molecular weight excluding hydrogens is 322 g/mol. The largest absolute Gasteiger partial charge is 0.389 e. The normalized spacial score (nSPS) is 10.4. The van der Waals surface area contributed by atoms with Gasteiger partial charge in [-0.2, -0.15) is 0 Å². The SMILES string of the molecule is NC(=S)c1ccc(COCc2cccc(Br)c2)cc1. The van der Waals surface area contributed by atoms with Crippen LogP contribution in [-0.2, 0) is 18.0 Å². The minimum Gasteiger partial charge on any atom is -0.389 e. The predicted molar refractivity (Wildman–Crippen MR) is 85.0 cm³/mol. The van der Waals surface area contributed by atoms with Crippen LogP contribution in [0.15, 0.2) is 53.0 Å². The molecule has 0 radical (unpaired) electrons. The van der Waals surface area contributed by atoms with Gasteiger partial charge in [-0.3, -0.25) is 0 Å². The maximum Gasteiger partial charge on any atom is 0.103 e. The van der Waals surface area contributed by atoms with Gasteiger partial charge in [0.25, 0.3) is 0 Å². The van der Waals surface area contributed by atoms with Crippen LogP contribution in [0.1, 0.15) is 16.7 Å². The molecule has 0 heterocycles. The lowest BCUT2D eigenvalue weighted by Crippen LogP contribution is -2.09. The van der Waals surface area contributed by atoms with Gasteiger partial charge in [-0.15, -0.1) is 0 Å². The van der Waals surface area contributed by atoms with Crippen molar-refractivity contribution in [2.24, 2.45) is 5.73 Å². The molecule has 0 atom stereocenters. The van der Waals surface area contributed by atoms with E-state index in [-0.39, 0.29) is 0 Å². The highest BCUT2D eigenvalue weighted by molar-refractivity contribution is 9.10. The number of hydrogen-bond acceptors (Lipinski definition) is 2. The third-order valence-electron chi connectivity index (χ3n) is 2.66. The van der Waals surface area contributed by atoms with E-state index in [1.807, 2.05) is 42.5 Å². The Labute approximate surface area is 126 Å². The maximum absolute atomic E-state index is 5.68. The van der Waals surface area contributed by atoms with Crippen LogP contribution in [0.25, 0.3) is 0 Å². The van der Waals surface area contributed by atoms with Gasteiger partial charge in [-0.05, 0) is 23.3 Å². The van der Waals surface area contributed by atoms with Crippen LogP contribution < -0.4 is 5.73 Å². The highest BCUT2D eigenvalue weighted by Gasteiger charge is 1.98. The van der Waals surface area contributed by atoms with Crippen LogP contribution in [0.3, 0.4) is 0 Å². The van der Waals surface area contributed by atoms with E-state index in [4.69, 9.17) is 22.7 Å². The van der Waals surface area contributed by atoms with E-state index >= 15 is 0 Å². The molecule has 0 aromatic heterocycles. The van der Waals surface area contributed by atoms with Crippen molar-refractivity contribution in [1.29, 1.82) is 0 Å². The molecule has 0 aliphatic rings. The highest BCUT2D eigenvalue weighted by atomic mass is 79.9. The second kappa shape index (κ2) is 6.80. The van der Waals surface area contributed by atoms with Gasteiger partial charge in [0.15, 0.2) is 0 Å². The number of ether oxygens (including phenoxy) is 1. The Morgan fingerprint density at radius 2 is 1.74 bits per heavy atom. The fourth-order valence-corrected chi connectivity index (χ4v) is 2.26. The van der Waals surface area contributed by atoms with Crippen LogP contribution >= 0.6 is 28.1 Å². The molecule has 0 spiro atoms. The summed E-state index contributed by atoms with van der Waals surface area (Å²) in [4.78, 5) is 0.418. The summed E-state index contributed by atoms with van der Waals surface area (Å²) in [6, 6.07) is 15.9. The summed E-state index contributed by atoms with van der Waals surface area (Å²) in [5.74, 6) is 0. The molecule has 0 saturated carbocycles. The lowest BCUT2D eigenvalue weighted by molar-refractivity contribution is 0.107. The molecule has 0 saturated heterocycles. The number of benzene rings is 2. The lowest BCUT2D eigenvalue weighted by Gasteiger charge is -2.06. The molecule has 2 nitrogen and oxygen atoms in total. The Balaban J connectivity index is 1.87. The summed E-state index contributed by atoms with van der Waals surface area (Å²) >= 11 is 8.35. The molecular formula is C15H14BrNOS. The van der Waals surface area contributed by atoms with E-state index in [1.165, 1.54) is 0 Å². The van der Waals surface area contributed by atoms with E-state index in [0.717, 1.165) is 21.2 Å². The number of halogens is 1. The van der Waals surface area contributed by atoms with E-state index < -0.39 is 0 Å². The average molecular weight is 336 g/mol. The van der Waals surface area contributed by atoms with E-state index in [2.05, 4.69) is 22.0 Å². The minimum atomic E-state index is 0.418. The molecule has 98 valence electrons. The predicted octanol–water partition coefficient (Wildman–Crippen LogP) is 3.80. The van der Waals surface area contributed by atoms with E-state index in [1.54, 1.807) is 0 Å². The number of nitrogens with two attached hydrogens (primary N) is 1. The number of hydrogen-bond donors (Lipinski definition) is 1. The molecule has 0 bridgehead atoms. The van der Waals surface area contributed by atoms with Crippen molar-refractivity contribution in [1.82, 2.24) is 0 Å². The van der Waals surface area contributed by atoms with Crippen molar-refractivity contribution in [3.63, 3.8) is 0 Å². The lowest BCUT2D eigenvalue weighted by atomic mass is 10.1. The molecule has 2 aromatic rings. The van der Waals surface area contributed by atoms with Crippen molar-refractivity contribution in [3.05, 3.63) is 69.7 Å². The van der Waals surface area contributed by atoms with Crippen LogP contribution in [0.2, 0.25) is 0 Å². The smallest absolute Gasteiger partial charge is 0.103 e. The summed E-state index contributed by atoms with van der Waals surface area (Å²) in [6.45, 7) is 1.17. The zero-order chi connectivity index (χ0) is 13.7. The van der Waals surface area contributed by atoms with Gasteiger partial charge in [0.05, 0.1) is 13.2 Å². The number of thiocarbonyl (C=S) groups is 1. The first-order chi connectivity index (χ1) is 9.15. The molecule has 0 amide bonds. The molecule has 0 fully saturated rings. The zero-order valence-corrected chi connectivity index (χ0v) is 12.7. The summed E-state index contributed by atoms with van der Waals surface area (Å²) in [7, 11) is 0. The Morgan fingerprint density at radius 1 is 1.05 bits per heavy atom. The molecule has 0 aliphatic carbocycles. The molecule has 0 unspecified atom stereocenters. The summed E-state index contributed by atoms with van der Waals surface area (Å²) in [5.41, 5.74) is 8.68. The molecule has 2 rings (SSSR count). The van der Waals surface area contributed by atoms with Crippen LogP contribution in [0, 0.1) is 0 Å². The van der Waals surface area contributed by atoms with E-state index in [0.29, 0.717) is 18.2 Å². The van der Waals surface area contributed by atoms with Crippen LogP contribution in [0.4, 0.5) is 0 Å². The van der Waals surface area contributed by atoms with Gasteiger partial charge in [-0.25, -0.2) is 0 Å². The molecule has 19 heavy (non-hydrogen) atoms. The molecule has 0 aliphatic heterocycles. The zero-order valence-electron chi connectivity index (χ0n) is 10.3. The van der Waals surface area contributed by atoms with Crippen molar-refractivity contribution < 1.29 is 4.74 Å². The van der Waals surface area contributed by atoms with Crippen LogP contribution in [-0.4, -0.2) is 4.99 Å². The van der Waals surface area contributed by atoms with Gasteiger partial charge in [0.1, 0.15) is 4.99 Å². The summed E-state index contributed by atoms with van der Waals surface area (Å²) in [6.07, 6.45) is 0. The van der Waals surface area contributed by atoms with Crippen molar-refractivity contribution in [2.45, 2.75) is 13.2 Å². The quantitative estimate of drug-likeness (QED) is 0.844. The van der Waals surface area contributed by atoms with Crippen LogP contribution in [0.5, 0.6) is 0 Å². The van der Waals surface area contributed by atoms with E-state index in [9.17, 15) is 0 Å². The average Bonchev–Trinajstić information content (AvgIpc) is 2.39. The molecule has 2 N–H and O–H groups in total. The van der Waals surface area contributed by atoms with Crippen molar-refractivity contribution in [2.75, 3.05) is 0 Å². The van der Waals surface area contributed by atoms with Gasteiger partial charge >= 0.3 is 0 Å². The highest BCUT2D eigenvalue weighted by Crippen LogP contribution is 2.13. The Morgan fingerprint density at radius 3 is 2.37 bits per heavy atom. The fraction of sp³-hybridized carbons (Fsp3) is 0.133. The van der Waals surface area contributed by atoms with Gasteiger partial charge in [0, 0.05) is 10.0 Å². The molecule has 4 heteroatoms. The third kappa shape index (κ3) is 4.42. The third-order valence-corrected chi connectivity index (χ3v) is 3.39. The standard InChI is InChI=1S/C15H14BrNOS/c16-14-3-1-2-12(8-14)10-18-9-11-4-6-13(7-5-11)15(17)19/h1-8H,9-10H2,(H2,17,19). The van der Waals surface area contributed by atoms with Gasteiger partial charge in [0.2, 0.25) is 0 Å². The Bertz CT molecular complexity index is 569. The second-order valence-electron chi connectivity index (χ2n) is 4.18. The van der Waals surface area contributed by atoms with Gasteiger partial charge < -0.3 is 10.5 Å². The first kappa shape index (κ1) is 14.2. The topological polar surface area (TPSA) is 35.2 Å². The fourth-order valence-electron chi connectivity index (χ4n) is 1.68. The second-order valence-corrected chi connectivity index (χ2v) is 5.54. The summed E-state index contributed by atoms with van der Waals surface area (Å²) < 4.78 is 6.74. The monoisotopic (exact) mass is 335 g/mol. The summed E-state index contributed by atoms with van der Waals surface area (Å²) in [5, 5.41) is 0. The maximum atomic E-state index is 5.68. The minimum absolute atomic E-state index is 0.418. The Hall–Kier alpha value is -1.23. The number of rotatable bonds is 5. The first-order valence-corrected chi connectivity index (χ1v) is 7.06. The van der Waals surface area contributed by atoms with Crippen molar-refractivity contribution >= 4 is 33.1 Å².